The van der Waals surface area contributed by atoms with E-state index in [9.17, 15) is 0 Å². The van der Waals surface area contributed by atoms with Crippen LogP contribution in [0.5, 0.6) is 0 Å². The van der Waals surface area contributed by atoms with E-state index >= 15 is 0 Å². The summed E-state index contributed by atoms with van der Waals surface area (Å²) in [6.45, 7) is 8.49. The largest absolute Gasteiger partial charge is 0.384 e. The molecule has 3 nitrogen and oxygen atoms in total. The van der Waals surface area contributed by atoms with E-state index in [1.807, 2.05) is 18.2 Å². The standard InChI is InChI=1S/C13H21N3/c1-4-16(10(2)3)9-11-6-5-7-12(8-11)13(14)15/h5-8,10H,4,9H2,1-3H3,(H3,14,15). The molecule has 1 aromatic carbocycles. The molecule has 0 atom stereocenters. The molecule has 1 aromatic rings. The lowest BCUT2D eigenvalue weighted by Gasteiger charge is -2.24. The summed E-state index contributed by atoms with van der Waals surface area (Å²) < 4.78 is 0. The molecular formula is C13H21N3. The number of benzene rings is 1. The summed E-state index contributed by atoms with van der Waals surface area (Å²) in [5.74, 6) is 0.134. The van der Waals surface area contributed by atoms with Crippen molar-refractivity contribution in [2.75, 3.05) is 6.54 Å². The average molecular weight is 219 g/mol. The third-order valence-electron chi connectivity index (χ3n) is 2.76. The van der Waals surface area contributed by atoms with E-state index in [0.717, 1.165) is 18.7 Å². The molecule has 0 unspecified atom stereocenters. The Bertz CT molecular complexity index is 358. The number of nitrogens with two attached hydrogens (primary N) is 1. The van der Waals surface area contributed by atoms with Crippen molar-refractivity contribution < 1.29 is 0 Å². The average Bonchev–Trinajstić information content (AvgIpc) is 2.25. The van der Waals surface area contributed by atoms with Crippen molar-refractivity contribution in [3.63, 3.8) is 0 Å². The van der Waals surface area contributed by atoms with Crippen LogP contribution < -0.4 is 5.73 Å². The highest BCUT2D eigenvalue weighted by Gasteiger charge is 2.08. The first-order valence-corrected chi connectivity index (χ1v) is 5.72. The number of hydrogen-bond donors (Lipinski definition) is 2. The molecular weight excluding hydrogens is 198 g/mol. The molecule has 0 amide bonds. The summed E-state index contributed by atoms with van der Waals surface area (Å²) in [5, 5.41) is 7.41. The van der Waals surface area contributed by atoms with Crippen molar-refractivity contribution in [1.29, 1.82) is 5.41 Å². The van der Waals surface area contributed by atoms with Crippen molar-refractivity contribution >= 4 is 5.84 Å². The predicted molar refractivity (Wildman–Crippen MR) is 68.7 cm³/mol. The summed E-state index contributed by atoms with van der Waals surface area (Å²) in [7, 11) is 0. The van der Waals surface area contributed by atoms with Crippen LogP contribution in [0.25, 0.3) is 0 Å². The second kappa shape index (κ2) is 5.66. The van der Waals surface area contributed by atoms with Crippen molar-refractivity contribution in [3.05, 3.63) is 35.4 Å². The zero-order chi connectivity index (χ0) is 12.1. The molecule has 16 heavy (non-hydrogen) atoms. The van der Waals surface area contributed by atoms with Gasteiger partial charge in [-0.25, -0.2) is 0 Å². The monoisotopic (exact) mass is 219 g/mol. The molecule has 0 radical (unpaired) electrons. The van der Waals surface area contributed by atoms with Gasteiger partial charge < -0.3 is 5.73 Å². The Morgan fingerprint density at radius 3 is 2.62 bits per heavy atom. The van der Waals surface area contributed by atoms with E-state index < -0.39 is 0 Å². The molecule has 0 aliphatic rings. The Hall–Kier alpha value is -1.35. The normalized spacial score (nSPS) is 11.1. The lowest BCUT2D eigenvalue weighted by atomic mass is 10.1. The quantitative estimate of drug-likeness (QED) is 0.589. The van der Waals surface area contributed by atoms with Gasteiger partial charge in [-0.2, -0.15) is 0 Å². The van der Waals surface area contributed by atoms with Gasteiger partial charge in [-0.1, -0.05) is 25.1 Å². The first-order valence-electron chi connectivity index (χ1n) is 5.72. The Kier molecular flexibility index (Phi) is 4.50. The van der Waals surface area contributed by atoms with Gasteiger partial charge in [0.25, 0.3) is 0 Å². The predicted octanol–water partition coefficient (Wildman–Crippen LogP) is 2.20. The minimum atomic E-state index is 0.134. The Morgan fingerprint density at radius 2 is 2.12 bits per heavy atom. The topological polar surface area (TPSA) is 53.1 Å². The number of nitrogen functional groups attached to an aromatic ring is 1. The van der Waals surface area contributed by atoms with E-state index in [4.69, 9.17) is 11.1 Å². The van der Waals surface area contributed by atoms with E-state index in [1.165, 1.54) is 5.56 Å². The van der Waals surface area contributed by atoms with Crippen LogP contribution in [-0.4, -0.2) is 23.3 Å². The van der Waals surface area contributed by atoms with Crippen LogP contribution in [-0.2, 0) is 6.54 Å². The maximum absolute atomic E-state index is 7.41. The zero-order valence-electron chi connectivity index (χ0n) is 10.3. The van der Waals surface area contributed by atoms with Gasteiger partial charge >= 0.3 is 0 Å². The summed E-state index contributed by atoms with van der Waals surface area (Å²) >= 11 is 0. The Labute approximate surface area is 97.8 Å². The van der Waals surface area contributed by atoms with Gasteiger partial charge in [-0.15, -0.1) is 0 Å². The fraction of sp³-hybridized carbons (Fsp3) is 0.462. The minimum absolute atomic E-state index is 0.134. The number of rotatable bonds is 5. The van der Waals surface area contributed by atoms with Gasteiger partial charge in [0.05, 0.1) is 0 Å². The van der Waals surface area contributed by atoms with E-state index in [2.05, 4.69) is 31.7 Å². The number of amidine groups is 1. The summed E-state index contributed by atoms with van der Waals surface area (Å²) in [5.41, 5.74) is 7.49. The van der Waals surface area contributed by atoms with Crippen LogP contribution in [0, 0.1) is 5.41 Å². The highest BCUT2D eigenvalue weighted by Crippen LogP contribution is 2.10. The van der Waals surface area contributed by atoms with E-state index in [0.29, 0.717) is 6.04 Å². The van der Waals surface area contributed by atoms with Gasteiger partial charge in [-0.3, -0.25) is 10.3 Å². The number of nitrogens with zero attached hydrogens (tertiary/aromatic N) is 1. The van der Waals surface area contributed by atoms with Crippen LogP contribution in [0.2, 0.25) is 0 Å². The molecule has 0 spiro atoms. The van der Waals surface area contributed by atoms with E-state index in [-0.39, 0.29) is 5.84 Å². The molecule has 0 heterocycles. The lowest BCUT2D eigenvalue weighted by Crippen LogP contribution is -2.30. The maximum Gasteiger partial charge on any atom is 0.122 e. The van der Waals surface area contributed by atoms with Crippen molar-refractivity contribution in [3.8, 4) is 0 Å². The molecule has 3 heteroatoms. The van der Waals surface area contributed by atoms with Crippen LogP contribution in [0.4, 0.5) is 0 Å². The molecule has 0 bridgehead atoms. The zero-order valence-corrected chi connectivity index (χ0v) is 10.3. The van der Waals surface area contributed by atoms with Crippen molar-refractivity contribution in [2.24, 2.45) is 5.73 Å². The molecule has 0 aliphatic carbocycles. The van der Waals surface area contributed by atoms with Gasteiger partial charge in [-0.05, 0) is 32.0 Å². The fourth-order valence-electron chi connectivity index (χ4n) is 1.73. The lowest BCUT2D eigenvalue weighted by molar-refractivity contribution is 0.225. The molecule has 0 aromatic heterocycles. The highest BCUT2D eigenvalue weighted by atomic mass is 15.1. The summed E-state index contributed by atoms with van der Waals surface area (Å²) in [4.78, 5) is 2.37. The van der Waals surface area contributed by atoms with Gasteiger partial charge in [0.1, 0.15) is 5.84 Å². The molecule has 0 saturated carbocycles. The second-order valence-electron chi connectivity index (χ2n) is 4.27. The van der Waals surface area contributed by atoms with Crippen LogP contribution in [0.15, 0.2) is 24.3 Å². The number of hydrogen-bond acceptors (Lipinski definition) is 2. The van der Waals surface area contributed by atoms with Gasteiger partial charge in [0.2, 0.25) is 0 Å². The molecule has 0 saturated heterocycles. The SMILES string of the molecule is CCN(Cc1cccc(C(=N)N)c1)C(C)C. The molecule has 1 rings (SSSR count). The summed E-state index contributed by atoms with van der Waals surface area (Å²) in [6.07, 6.45) is 0. The fourth-order valence-corrected chi connectivity index (χ4v) is 1.73. The highest BCUT2D eigenvalue weighted by molar-refractivity contribution is 5.95. The smallest absolute Gasteiger partial charge is 0.122 e. The maximum atomic E-state index is 7.41. The molecule has 0 aliphatic heterocycles. The van der Waals surface area contributed by atoms with Crippen LogP contribution >= 0.6 is 0 Å². The van der Waals surface area contributed by atoms with Crippen molar-refractivity contribution in [1.82, 2.24) is 4.90 Å². The minimum Gasteiger partial charge on any atom is -0.384 e. The van der Waals surface area contributed by atoms with E-state index in [1.54, 1.807) is 0 Å². The first kappa shape index (κ1) is 12.7. The first-order chi connectivity index (χ1) is 7.54. The Balaban J connectivity index is 2.80. The summed E-state index contributed by atoms with van der Waals surface area (Å²) in [6, 6.07) is 8.44. The molecule has 88 valence electrons. The third-order valence-corrected chi connectivity index (χ3v) is 2.76. The Morgan fingerprint density at radius 1 is 1.44 bits per heavy atom. The van der Waals surface area contributed by atoms with Crippen molar-refractivity contribution in [2.45, 2.75) is 33.4 Å². The van der Waals surface area contributed by atoms with Crippen LogP contribution in [0.1, 0.15) is 31.9 Å². The molecule has 3 N–H and O–H groups in total. The van der Waals surface area contributed by atoms with Gasteiger partial charge in [0.15, 0.2) is 0 Å². The third kappa shape index (κ3) is 3.35. The number of nitrogens with one attached hydrogen (secondary N) is 1. The second-order valence-corrected chi connectivity index (χ2v) is 4.27. The molecule has 0 fully saturated rings. The van der Waals surface area contributed by atoms with Crippen LogP contribution in [0.3, 0.4) is 0 Å². The van der Waals surface area contributed by atoms with Gasteiger partial charge in [0, 0.05) is 18.2 Å².